The summed E-state index contributed by atoms with van der Waals surface area (Å²) < 4.78 is 3.59. The molecule has 1 aliphatic heterocycles. The van der Waals surface area contributed by atoms with Gasteiger partial charge in [-0.05, 0) is 65.4 Å². The van der Waals surface area contributed by atoms with Gasteiger partial charge in [-0.3, -0.25) is 14.3 Å². The summed E-state index contributed by atoms with van der Waals surface area (Å²) in [4.78, 5) is 23.5. The van der Waals surface area contributed by atoms with Gasteiger partial charge in [0.15, 0.2) is 4.80 Å². The van der Waals surface area contributed by atoms with Gasteiger partial charge in [0.2, 0.25) is 0 Å². The van der Waals surface area contributed by atoms with E-state index in [1.165, 1.54) is 28.0 Å². The van der Waals surface area contributed by atoms with E-state index in [1.54, 1.807) is 12.4 Å². The van der Waals surface area contributed by atoms with Crippen molar-refractivity contribution >= 4 is 39.0 Å². The second kappa shape index (κ2) is 7.80. The van der Waals surface area contributed by atoms with Crippen molar-refractivity contribution in [2.75, 3.05) is 0 Å². The summed E-state index contributed by atoms with van der Waals surface area (Å²) in [5.41, 5.74) is 6.81. The summed E-state index contributed by atoms with van der Waals surface area (Å²) >= 11 is 4.99. The van der Waals surface area contributed by atoms with E-state index in [0.717, 1.165) is 38.9 Å². The van der Waals surface area contributed by atoms with Crippen molar-refractivity contribution in [3.63, 3.8) is 0 Å². The van der Waals surface area contributed by atoms with Gasteiger partial charge in [-0.15, -0.1) is 0 Å². The Morgan fingerprint density at radius 2 is 1.78 bits per heavy atom. The summed E-state index contributed by atoms with van der Waals surface area (Å²) in [7, 11) is 0. The summed E-state index contributed by atoms with van der Waals surface area (Å²) in [6, 6.07) is 20.4. The van der Waals surface area contributed by atoms with Gasteiger partial charge in [-0.2, -0.15) is 0 Å². The molecule has 2 aliphatic rings. The molecule has 1 aliphatic carbocycles. The van der Waals surface area contributed by atoms with Gasteiger partial charge in [0.05, 0.1) is 16.3 Å². The molecule has 0 bridgehead atoms. The number of benzene rings is 2. The van der Waals surface area contributed by atoms with Crippen LogP contribution >= 0.6 is 27.3 Å². The molecule has 0 amide bonds. The fraction of sp³-hybridized carbons (Fsp3) is 0.115. The zero-order valence-electron chi connectivity index (χ0n) is 17.0. The molecule has 6 rings (SSSR count). The minimum Gasteiger partial charge on any atom is -0.272 e. The lowest BCUT2D eigenvalue weighted by Crippen LogP contribution is -2.38. The third kappa shape index (κ3) is 3.22. The van der Waals surface area contributed by atoms with E-state index < -0.39 is 0 Å². The van der Waals surface area contributed by atoms with Crippen molar-refractivity contribution in [2.45, 2.75) is 18.9 Å². The van der Waals surface area contributed by atoms with Gasteiger partial charge in [-0.25, -0.2) is 4.99 Å². The Bertz CT molecular complexity index is 1550. The van der Waals surface area contributed by atoms with Gasteiger partial charge in [-0.1, -0.05) is 63.7 Å². The Labute approximate surface area is 197 Å². The summed E-state index contributed by atoms with van der Waals surface area (Å²) in [6.07, 6.45) is 7.26. The first kappa shape index (κ1) is 19.6. The molecule has 2 aromatic heterocycles. The number of hydrogen-bond acceptors (Lipinski definition) is 4. The number of hydrogen-bond donors (Lipinski definition) is 0. The van der Waals surface area contributed by atoms with Crippen LogP contribution < -0.4 is 14.9 Å². The van der Waals surface area contributed by atoms with Crippen molar-refractivity contribution in [1.82, 2.24) is 9.55 Å². The predicted octanol–water partition coefficient (Wildman–Crippen LogP) is 4.48. The van der Waals surface area contributed by atoms with Gasteiger partial charge in [0.1, 0.15) is 0 Å². The average molecular weight is 500 g/mol. The van der Waals surface area contributed by atoms with Gasteiger partial charge >= 0.3 is 0 Å². The maximum atomic E-state index is 13.6. The first-order valence-corrected chi connectivity index (χ1v) is 12.1. The lowest BCUT2D eigenvalue weighted by atomic mass is 9.83. The van der Waals surface area contributed by atoms with Crippen LogP contribution in [0.25, 0.3) is 11.8 Å². The molecule has 32 heavy (non-hydrogen) atoms. The molecule has 2 aromatic carbocycles. The smallest absolute Gasteiger partial charge is 0.271 e. The van der Waals surface area contributed by atoms with Gasteiger partial charge < -0.3 is 0 Å². The highest BCUT2D eigenvalue weighted by molar-refractivity contribution is 9.10. The Morgan fingerprint density at radius 3 is 2.59 bits per heavy atom. The zero-order chi connectivity index (χ0) is 21.7. The maximum Gasteiger partial charge on any atom is 0.271 e. The highest BCUT2D eigenvalue weighted by Crippen LogP contribution is 2.41. The van der Waals surface area contributed by atoms with Crippen LogP contribution in [0.1, 0.15) is 34.7 Å². The Morgan fingerprint density at radius 1 is 1.00 bits per heavy atom. The number of halogens is 1. The van der Waals surface area contributed by atoms with E-state index in [9.17, 15) is 4.79 Å². The lowest BCUT2D eigenvalue weighted by molar-refractivity contribution is 0.585. The quantitative estimate of drug-likeness (QED) is 0.408. The van der Waals surface area contributed by atoms with E-state index in [2.05, 4.69) is 57.3 Å². The Balaban J connectivity index is 1.64. The molecular weight excluding hydrogens is 482 g/mol. The summed E-state index contributed by atoms with van der Waals surface area (Å²) in [5.74, 6) is 0. The van der Waals surface area contributed by atoms with Crippen LogP contribution in [0.4, 0.5) is 0 Å². The largest absolute Gasteiger partial charge is 0.272 e. The van der Waals surface area contributed by atoms with E-state index in [-0.39, 0.29) is 11.6 Å². The highest BCUT2D eigenvalue weighted by atomic mass is 79.9. The second-order valence-corrected chi connectivity index (χ2v) is 9.87. The molecule has 0 saturated carbocycles. The second-order valence-electron chi connectivity index (χ2n) is 7.95. The summed E-state index contributed by atoms with van der Waals surface area (Å²) in [6.45, 7) is 0. The number of allylic oxidation sites excluding steroid dienone is 1. The maximum absolute atomic E-state index is 13.6. The third-order valence-corrected chi connectivity index (χ3v) is 7.57. The molecule has 6 heteroatoms. The molecule has 0 radical (unpaired) electrons. The first-order chi connectivity index (χ1) is 15.7. The van der Waals surface area contributed by atoms with Crippen molar-refractivity contribution in [3.05, 3.63) is 125 Å². The van der Waals surface area contributed by atoms with Crippen LogP contribution in [-0.2, 0) is 6.42 Å². The van der Waals surface area contributed by atoms with Gasteiger partial charge in [0.25, 0.3) is 5.56 Å². The number of aryl methyl sites for hydroxylation is 1. The van der Waals surface area contributed by atoms with Crippen LogP contribution in [0, 0.1) is 0 Å². The average Bonchev–Trinajstić information content (AvgIpc) is 3.13. The minimum atomic E-state index is -0.151. The zero-order valence-corrected chi connectivity index (χ0v) is 19.4. The number of rotatable bonds is 2. The monoisotopic (exact) mass is 499 g/mol. The van der Waals surface area contributed by atoms with E-state index >= 15 is 0 Å². The Hall–Kier alpha value is -3.09. The Kier molecular flexibility index (Phi) is 4.77. The van der Waals surface area contributed by atoms with Crippen LogP contribution in [0.2, 0.25) is 0 Å². The third-order valence-electron chi connectivity index (χ3n) is 6.06. The van der Waals surface area contributed by atoms with Crippen molar-refractivity contribution in [2.24, 2.45) is 4.99 Å². The molecule has 3 heterocycles. The van der Waals surface area contributed by atoms with Crippen LogP contribution in [0.5, 0.6) is 0 Å². The molecule has 0 fully saturated rings. The van der Waals surface area contributed by atoms with Crippen molar-refractivity contribution in [3.8, 4) is 0 Å². The first-order valence-electron chi connectivity index (χ1n) is 10.5. The molecule has 0 N–H and O–H groups in total. The van der Waals surface area contributed by atoms with Crippen LogP contribution in [0.15, 0.2) is 92.9 Å². The molecule has 0 unspecified atom stereocenters. The van der Waals surface area contributed by atoms with Crippen molar-refractivity contribution < 1.29 is 0 Å². The molecule has 0 spiro atoms. The molecular formula is C26H18BrN3OS. The molecule has 1 atom stereocenters. The minimum absolute atomic E-state index is 0.00360. The molecule has 0 saturated heterocycles. The standard InChI is InChI=1S/C26H18BrN3OS/c27-19-8-5-18(6-9-19)24-21-10-7-17-3-1-2-4-20(17)23(21)29-26-30(24)25(31)22(32-26)15-16-11-13-28-14-12-16/h1-6,8-9,11-15,24H,7,10H2/b22-15-/t24-/m0/s1. The molecule has 4 aromatic rings. The number of pyridine rings is 1. The summed E-state index contributed by atoms with van der Waals surface area (Å²) in [5, 5.41) is 0. The lowest BCUT2D eigenvalue weighted by Gasteiger charge is -2.30. The molecule has 156 valence electrons. The fourth-order valence-corrected chi connectivity index (χ4v) is 5.84. The van der Waals surface area contributed by atoms with Crippen LogP contribution in [-0.4, -0.2) is 9.55 Å². The molecule has 4 nitrogen and oxygen atoms in total. The topological polar surface area (TPSA) is 47.2 Å². The SMILES string of the molecule is O=c1/c(=C/c2ccncc2)sc2n1[C@@H](c1ccc(Br)cc1)C1=C(N=2)c2ccccc2CC1. The fourth-order valence-electron chi connectivity index (χ4n) is 4.58. The number of aromatic nitrogens is 2. The number of thiazole rings is 1. The number of nitrogens with zero attached hydrogens (tertiary/aromatic N) is 3. The normalized spacial score (nSPS) is 17.4. The van der Waals surface area contributed by atoms with E-state index in [0.29, 0.717) is 4.53 Å². The predicted molar refractivity (Wildman–Crippen MR) is 131 cm³/mol. The van der Waals surface area contributed by atoms with Crippen LogP contribution in [0.3, 0.4) is 0 Å². The van der Waals surface area contributed by atoms with E-state index in [1.807, 2.05) is 34.9 Å². The van der Waals surface area contributed by atoms with Gasteiger partial charge in [0, 0.05) is 22.4 Å². The van der Waals surface area contributed by atoms with Crippen molar-refractivity contribution in [1.29, 1.82) is 0 Å². The highest BCUT2D eigenvalue weighted by Gasteiger charge is 2.32. The van der Waals surface area contributed by atoms with E-state index in [4.69, 9.17) is 4.99 Å². The number of fused-ring (bicyclic) bond motifs is 3.